The first-order valence-corrected chi connectivity index (χ1v) is 5.29. The van der Waals surface area contributed by atoms with Crippen LogP contribution in [0.2, 0.25) is 0 Å². The van der Waals surface area contributed by atoms with Crippen LogP contribution in [0.25, 0.3) is 0 Å². The molecule has 3 heteroatoms. The van der Waals surface area contributed by atoms with Gasteiger partial charge in [0.1, 0.15) is 0 Å². The molecule has 2 nitrogen and oxygen atoms in total. The summed E-state index contributed by atoms with van der Waals surface area (Å²) in [6, 6.07) is 0. The molecule has 2 N–H and O–H groups in total. The second-order valence-electron chi connectivity index (χ2n) is 4.14. The molecule has 0 fully saturated rings. The van der Waals surface area contributed by atoms with Gasteiger partial charge in [-0.05, 0) is 12.3 Å². The number of amides is 1. The van der Waals surface area contributed by atoms with E-state index in [9.17, 15) is 4.79 Å². The van der Waals surface area contributed by atoms with Gasteiger partial charge in [0.25, 0.3) is 5.91 Å². The minimum absolute atomic E-state index is 0.189. The Balaban J connectivity index is 4.36. The lowest BCUT2D eigenvalue weighted by Crippen LogP contribution is -2.22. The van der Waals surface area contributed by atoms with Crippen LogP contribution in [0.3, 0.4) is 0 Å². The molecular weight excluding hydrogens is 182 g/mol. The molecule has 0 aromatic carbocycles. The van der Waals surface area contributed by atoms with E-state index in [1.807, 2.05) is 6.92 Å². The molecule has 0 rings (SSSR count). The van der Waals surface area contributed by atoms with Crippen molar-refractivity contribution in [3.63, 3.8) is 0 Å². The van der Waals surface area contributed by atoms with Gasteiger partial charge in [-0.25, -0.2) is 0 Å². The van der Waals surface area contributed by atoms with Crippen molar-refractivity contribution < 1.29 is 4.79 Å². The molecule has 0 spiro atoms. The second kappa shape index (κ2) is 4.70. The minimum Gasteiger partial charge on any atom is -0.365 e. The molecular formula is C10H19NOS. The summed E-state index contributed by atoms with van der Waals surface area (Å²) in [5.41, 5.74) is 5.40. The molecule has 0 radical (unpaired) electrons. The van der Waals surface area contributed by atoms with E-state index in [0.717, 1.165) is 0 Å². The molecule has 0 aliphatic heterocycles. The highest BCUT2D eigenvalue weighted by atomic mass is 32.2. The topological polar surface area (TPSA) is 43.1 Å². The van der Waals surface area contributed by atoms with Crippen molar-refractivity contribution in [2.24, 2.45) is 11.1 Å². The fraction of sp³-hybridized carbons (Fsp3) is 0.700. The van der Waals surface area contributed by atoms with Crippen LogP contribution in [0.1, 0.15) is 34.6 Å². The van der Waals surface area contributed by atoms with Crippen molar-refractivity contribution in [2.45, 2.75) is 39.9 Å². The molecule has 1 atom stereocenters. The Labute approximate surface area is 85.0 Å². The Bertz CT molecular complexity index is 215. The smallest absolute Gasteiger partial charge is 0.254 e. The molecule has 0 aliphatic carbocycles. The molecule has 1 amide bonds. The monoisotopic (exact) mass is 201 g/mol. The number of hydrogen-bond acceptors (Lipinski definition) is 2. The van der Waals surface area contributed by atoms with Crippen molar-refractivity contribution >= 4 is 17.7 Å². The van der Waals surface area contributed by atoms with Crippen LogP contribution in [0.5, 0.6) is 0 Å². The average molecular weight is 201 g/mol. The van der Waals surface area contributed by atoms with Crippen LogP contribution in [0.4, 0.5) is 0 Å². The van der Waals surface area contributed by atoms with Crippen molar-refractivity contribution in [1.82, 2.24) is 0 Å². The number of carbonyl (C=O) groups excluding carboxylic acids is 1. The Kier molecular flexibility index (Phi) is 4.54. The molecule has 0 bridgehead atoms. The number of nitrogens with two attached hydrogens (primary N) is 1. The van der Waals surface area contributed by atoms with E-state index in [1.165, 1.54) is 0 Å². The van der Waals surface area contributed by atoms with Gasteiger partial charge in [0.05, 0.1) is 4.91 Å². The van der Waals surface area contributed by atoms with Gasteiger partial charge in [0.2, 0.25) is 0 Å². The van der Waals surface area contributed by atoms with Gasteiger partial charge in [-0.2, -0.15) is 0 Å². The highest BCUT2D eigenvalue weighted by Crippen LogP contribution is 2.34. The number of primary amides is 1. The largest absolute Gasteiger partial charge is 0.365 e. The quantitative estimate of drug-likeness (QED) is 0.713. The van der Waals surface area contributed by atoms with Gasteiger partial charge in [-0.3, -0.25) is 4.79 Å². The molecule has 0 saturated heterocycles. The molecule has 0 heterocycles. The third-order valence-electron chi connectivity index (χ3n) is 2.03. The highest BCUT2D eigenvalue weighted by Gasteiger charge is 2.22. The van der Waals surface area contributed by atoms with Crippen LogP contribution in [-0.4, -0.2) is 11.2 Å². The van der Waals surface area contributed by atoms with Gasteiger partial charge in [0, 0.05) is 5.25 Å². The highest BCUT2D eigenvalue weighted by molar-refractivity contribution is 8.04. The Morgan fingerprint density at radius 1 is 1.46 bits per heavy atom. The van der Waals surface area contributed by atoms with Crippen LogP contribution in [0.15, 0.2) is 11.0 Å². The lowest BCUT2D eigenvalue weighted by molar-refractivity contribution is -0.113. The van der Waals surface area contributed by atoms with Crippen molar-refractivity contribution in [1.29, 1.82) is 0 Å². The number of rotatable bonds is 3. The maximum Gasteiger partial charge on any atom is 0.254 e. The normalized spacial score (nSPS) is 15.6. The van der Waals surface area contributed by atoms with Crippen molar-refractivity contribution in [3.05, 3.63) is 11.0 Å². The van der Waals surface area contributed by atoms with E-state index in [-0.39, 0.29) is 11.3 Å². The van der Waals surface area contributed by atoms with Gasteiger partial charge < -0.3 is 5.73 Å². The summed E-state index contributed by atoms with van der Waals surface area (Å²) in [6.07, 6.45) is 1.77. The lowest BCUT2D eigenvalue weighted by Gasteiger charge is -2.26. The first-order valence-electron chi connectivity index (χ1n) is 4.41. The Morgan fingerprint density at radius 2 is 1.92 bits per heavy atom. The lowest BCUT2D eigenvalue weighted by atomic mass is 9.93. The van der Waals surface area contributed by atoms with E-state index >= 15 is 0 Å². The molecule has 76 valence electrons. The van der Waals surface area contributed by atoms with E-state index in [2.05, 4.69) is 27.7 Å². The zero-order valence-corrected chi connectivity index (χ0v) is 9.87. The fourth-order valence-electron chi connectivity index (χ4n) is 0.636. The summed E-state index contributed by atoms with van der Waals surface area (Å²) in [7, 11) is 0. The fourth-order valence-corrected chi connectivity index (χ4v) is 1.62. The molecule has 0 aromatic rings. The van der Waals surface area contributed by atoms with Crippen molar-refractivity contribution in [2.75, 3.05) is 0 Å². The maximum atomic E-state index is 10.9. The maximum absolute atomic E-state index is 10.9. The SMILES string of the molecule is C/C=C(\SC(C)C(C)(C)C)C(N)=O. The number of allylic oxidation sites excluding steroid dienone is 1. The Morgan fingerprint density at radius 3 is 2.15 bits per heavy atom. The summed E-state index contributed by atoms with van der Waals surface area (Å²) in [6.45, 7) is 10.4. The summed E-state index contributed by atoms with van der Waals surface area (Å²) in [5, 5.41) is 0.381. The summed E-state index contributed by atoms with van der Waals surface area (Å²) in [4.78, 5) is 11.6. The predicted octanol–water partition coefficient (Wildman–Crippen LogP) is 2.54. The molecule has 0 aromatic heterocycles. The minimum atomic E-state index is -0.330. The molecule has 0 saturated carbocycles. The van der Waals surface area contributed by atoms with E-state index in [4.69, 9.17) is 5.73 Å². The average Bonchev–Trinajstić information content (AvgIpc) is 1.96. The van der Waals surface area contributed by atoms with Gasteiger partial charge in [-0.15, -0.1) is 11.8 Å². The summed E-state index contributed by atoms with van der Waals surface area (Å²) in [5.74, 6) is -0.330. The van der Waals surface area contributed by atoms with Gasteiger partial charge in [-0.1, -0.05) is 33.8 Å². The molecule has 1 unspecified atom stereocenters. The van der Waals surface area contributed by atoms with E-state index < -0.39 is 0 Å². The van der Waals surface area contributed by atoms with Gasteiger partial charge >= 0.3 is 0 Å². The number of carbonyl (C=O) groups is 1. The first kappa shape index (κ1) is 12.6. The number of hydrogen-bond donors (Lipinski definition) is 1. The van der Waals surface area contributed by atoms with Gasteiger partial charge in [0.15, 0.2) is 0 Å². The zero-order valence-electron chi connectivity index (χ0n) is 9.05. The third-order valence-corrected chi connectivity index (χ3v) is 3.78. The van der Waals surface area contributed by atoms with Crippen LogP contribution >= 0.6 is 11.8 Å². The Hall–Kier alpha value is -0.440. The van der Waals surface area contributed by atoms with E-state index in [0.29, 0.717) is 10.2 Å². The van der Waals surface area contributed by atoms with Crippen LogP contribution < -0.4 is 5.73 Å². The van der Waals surface area contributed by atoms with Crippen molar-refractivity contribution in [3.8, 4) is 0 Å². The second-order valence-corrected chi connectivity index (χ2v) is 5.53. The standard InChI is InChI=1S/C10H19NOS/c1-6-8(9(11)12)13-7(2)10(3,4)5/h6-7H,1-5H3,(H2,11,12)/b8-6-. The third kappa shape index (κ3) is 4.36. The molecule has 0 aliphatic rings. The van der Waals surface area contributed by atoms with Crippen LogP contribution in [-0.2, 0) is 4.79 Å². The zero-order chi connectivity index (χ0) is 10.6. The molecule has 13 heavy (non-hydrogen) atoms. The summed E-state index contributed by atoms with van der Waals surface area (Å²) < 4.78 is 0. The first-order chi connectivity index (χ1) is 5.79. The predicted molar refractivity (Wildman–Crippen MR) is 59.5 cm³/mol. The summed E-state index contributed by atoms with van der Waals surface area (Å²) >= 11 is 1.55. The van der Waals surface area contributed by atoms with Crippen LogP contribution in [0, 0.1) is 5.41 Å². The number of thioether (sulfide) groups is 1. The van der Waals surface area contributed by atoms with E-state index in [1.54, 1.807) is 17.8 Å².